The number of rotatable bonds is 3. The highest BCUT2D eigenvalue weighted by Crippen LogP contribution is 2.38. The number of anilines is 2. The van der Waals surface area contributed by atoms with Crippen LogP contribution >= 0.6 is 0 Å². The van der Waals surface area contributed by atoms with E-state index >= 15 is 4.39 Å². The van der Waals surface area contributed by atoms with Gasteiger partial charge in [-0.2, -0.15) is 0 Å². The lowest BCUT2D eigenvalue weighted by Crippen LogP contribution is -2.41. The summed E-state index contributed by atoms with van der Waals surface area (Å²) in [6.07, 6.45) is 2.28. The molecule has 0 spiro atoms. The van der Waals surface area contributed by atoms with Gasteiger partial charge in [-0.3, -0.25) is 9.59 Å². The van der Waals surface area contributed by atoms with E-state index in [4.69, 9.17) is 5.73 Å². The van der Waals surface area contributed by atoms with Crippen LogP contribution in [0.25, 0.3) is 11.0 Å². The van der Waals surface area contributed by atoms with Crippen molar-refractivity contribution >= 4 is 34.4 Å². The topological polar surface area (TPSA) is 131 Å². The molecule has 4 heterocycles. The molecule has 166 valence electrons. The minimum Gasteiger partial charge on any atom is -0.477 e. The zero-order valence-corrected chi connectivity index (χ0v) is 17.8. The molecule has 0 unspecified atom stereocenters. The molecule has 4 rings (SSSR count). The van der Waals surface area contributed by atoms with Crippen LogP contribution in [0.4, 0.5) is 15.9 Å². The van der Waals surface area contributed by atoms with Crippen molar-refractivity contribution in [1.82, 2.24) is 14.5 Å². The summed E-state index contributed by atoms with van der Waals surface area (Å²) in [6, 6.07) is -0.106. The smallest absolute Gasteiger partial charge is 0.341 e. The molecule has 2 aliphatic rings. The largest absolute Gasteiger partial charge is 0.477 e. The van der Waals surface area contributed by atoms with Crippen molar-refractivity contribution in [3.05, 3.63) is 27.3 Å². The van der Waals surface area contributed by atoms with Crippen molar-refractivity contribution in [3.63, 3.8) is 0 Å². The predicted molar refractivity (Wildman–Crippen MR) is 114 cm³/mol. The van der Waals surface area contributed by atoms with Crippen molar-refractivity contribution in [2.75, 3.05) is 24.1 Å². The van der Waals surface area contributed by atoms with Gasteiger partial charge in [-0.05, 0) is 39.5 Å². The van der Waals surface area contributed by atoms with Gasteiger partial charge in [0.2, 0.25) is 11.3 Å². The second-order valence-corrected chi connectivity index (χ2v) is 8.92. The number of carbonyl (C=O) groups is 2. The Balaban J connectivity index is 1.85. The standard InChI is InChI=1S/C21H26FN5O4/c1-10(28)26-8-5-11(6-9-26)24-18-15(22)16(23)14-17(29)13(20(30)31)12-4-7-21(2,3)27(12)19(14)25-18/h11H,4-9H2,1-3H3,(H,30,31)(H3,23,24,25). The van der Waals surface area contributed by atoms with Gasteiger partial charge in [0, 0.05) is 37.3 Å². The number of amides is 1. The molecule has 0 aliphatic carbocycles. The molecule has 1 saturated heterocycles. The summed E-state index contributed by atoms with van der Waals surface area (Å²) in [5.74, 6) is -2.28. The number of nitrogens with zero attached hydrogens (tertiary/aromatic N) is 3. The van der Waals surface area contributed by atoms with Crippen molar-refractivity contribution in [2.24, 2.45) is 0 Å². The molecular weight excluding hydrogens is 405 g/mol. The molecule has 1 amide bonds. The summed E-state index contributed by atoms with van der Waals surface area (Å²) in [6.45, 7) is 6.48. The van der Waals surface area contributed by atoms with Gasteiger partial charge in [0.15, 0.2) is 11.6 Å². The Kier molecular flexibility index (Phi) is 4.90. The SMILES string of the molecule is CC(=O)N1CCC(Nc2nc3c(c(N)c2F)c(=O)c(C(=O)O)c2n3C(C)(C)CC2)CC1. The third kappa shape index (κ3) is 3.30. The van der Waals surface area contributed by atoms with E-state index in [-0.39, 0.29) is 34.4 Å². The van der Waals surface area contributed by atoms with Gasteiger partial charge in [-0.15, -0.1) is 0 Å². The van der Waals surface area contributed by atoms with Gasteiger partial charge in [0.1, 0.15) is 11.2 Å². The minimum atomic E-state index is -1.35. The Morgan fingerprint density at radius 1 is 1.29 bits per heavy atom. The fourth-order valence-corrected chi connectivity index (χ4v) is 4.72. The first-order valence-corrected chi connectivity index (χ1v) is 10.4. The lowest BCUT2D eigenvalue weighted by molar-refractivity contribution is -0.129. The quantitative estimate of drug-likeness (QED) is 0.677. The highest BCUT2D eigenvalue weighted by molar-refractivity contribution is 5.98. The highest BCUT2D eigenvalue weighted by Gasteiger charge is 2.37. The first kappa shape index (κ1) is 21.1. The number of aromatic carboxylic acids is 1. The van der Waals surface area contributed by atoms with Gasteiger partial charge in [0.05, 0.1) is 11.1 Å². The number of pyridine rings is 2. The first-order valence-electron chi connectivity index (χ1n) is 10.4. The molecule has 0 radical (unpaired) electrons. The Morgan fingerprint density at radius 2 is 1.94 bits per heavy atom. The number of nitrogen functional groups attached to an aromatic ring is 1. The van der Waals surface area contributed by atoms with Crippen molar-refractivity contribution < 1.29 is 19.1 Å². The summed E-state index contributed by atoms with van der Waals surface area (Å²) >= 11 is 0. The van der Waals surface area contributed by atoms with E-state index < -0.39 is 28.4 Å². The molecule has 0 bridgehead atoms. The minimum absolute atomic E-state index is 0.00380. The van der Waals surface area contributed by atoms with E-state index in [9.17, 15) is 19.5 Å². The number of fused-ring (bicyclic) bond motifs is 3. The van der Waals surface area contributed by atoms with Crippen LogP contribution in [0.15, 0.2) is 4.79 Å². The summed E-state index contributed by atoms with van der Waals surface area (Å²) in [5, 5.41) is 12.5. The summed E-state index contributed by atoms with van der Waals surface area (Å²) in [4.78, 5) is 42.5. The molecule has 4 N–H and O–H groups in total. The maximum Gasteiger partial charge on any atom is 0.341 e. The Bertz CT molecular complexity index is 1170. The first-order chi connectivity index (χ1) is 14.5. The monoisotopic (exact) mass is 431 g/mol. The number of nitrogens with two attached hydrogens (primary N) is 1. The number of aromatic nitrogens is 2. The number of carboxylic acids is 1. The van der Waals surface area contributed by atoms with Crippen LogP contribution in [-0.4, -0.2) is 50.6 Å². The third-order valence-corrected chi connectivity index (χ3v) is 6.45. The Hall–Kier alpha value is -3.17. The number of piperidine rings is 1. The van der Waals surface area contributed by atoms with Crippen LogP contribution < -0.4 is 16.5 Å². The van der Waals surface area contributed by atoms with Gasteiger partial charge >= 0.3 is 5.97 Å². The molecule has 0 saturated carbocycles. The second-order valence-electron chi connectivity index (χ2n) is 8.92. The molecule has 31 heavy (non-hydrogen) atoms. The van der Waals surface area contributed by atoms with Crippen LogP contribution in [0, 0.1) is 5.82 Å². The fraction of sp³-hybridized carbons (Fsp3) is 0.524. The lowest BCUT2D eigenvalue weighted by Gasteiger charge is -2.32. The average Bonchev–Trinajstić information content (AvgIpc) is 3.00. The van der Waals surface area contributed by atoms with E-state index in [0.29, 0.717) is 44.5 Å². The van der Waals surface area contributed by atoms with Crippen LogP contribution in [0.2, 0.25) is 0 Å². The highest BCUT2D eigenvalue weighted by atomic mass is 19.1. The van der Waals surface area contributed by atoms with Gasteiger partial charge in [0.25, 0.3) is 0 Å². The van der Waals surface area contributed by atoms with E-state index in [1.165, 1.54) is 6.92 Å². The molecule has 0 aromatic carbocycles. The maximum atomic E-state index is 15.1. The van der Waals surface area contributed by atoms with Gasteiger partial charge in [-0.1, -0.05) is 0 Å². The van der Waals surface area contributed by atoms with Crippen molar-refractivity contribution in [2.45, 2.75) is 58.0 Å². The fourth-order valence-electron chi connectivity index (χ4n) is 4.72. The summed E-state index contributed by atoms with van der Waals surface area (Å²) in [5.41, 5.74) is 4.51. The van der Waals surface area contributed by atoms with Crippen LogP contribution in [-0.2, 0) is 16.8 Å². The number of carboxylic acid groups (broad SMARTS) is 1. The maximum absolute atomic E-state index is 15.1. The van der Waals surface area contributed by atoms with E-state index in [1.807, 2.05) is 13.8 Å². The number of hydrogen-bond acceptors (Lipinski definition) is 6. The van der Waals surface area contributed by atoms with E-state index in [2.05, 4.69) is 10.3 Å². The molecular formula is C21H26FN5O4. The van der Waals surface area contributed by atoms with Crippen LogP contribution in [0.3, 0.4) is 0 Å². The number of nitrogens with one attached hydrogen (secondary N) is 1. The van der Waals surface area contributed by atoms with Gasteiger partial charge < -0.3 is 25.6 Å². The third-order valence-electron chi connectivity index (χ3n) is 6.45. The zero-order valence-electron chi connectivity index (χ0n) is 17.8. The summed E-state index contributed by atoms with van der Waals surface area (Å²) < 4.78 is 16.9. The van der Waals surface area contributed by atoms with Crippen LogP contribution in [0.1, 0.15) is 56.1 Å². The molecule has 2 aromatic heterocycles. The molecule has 1 fully saturated rings. The molecule has 9 nitrogen and oxygen atoms in total. The van der Waals surface area contributed by atoms with Crippen molar-refractivity contribution in [1.29, 1.82) is 0 Å². The number of likely N-dealkylation sites (tertiary alicyclic amines) is 1. The number of hydrogen-bond donors (Lipinski definition) is 3. The Morgan fingerprint density at radius 3 is 2.52 bits per heavy atom. The second kappa shape index (κ2) is 7.21. The molecule has 2 aromatic rings. The lowest BCUT2D eigenvalue weighted by atomic mass is 10.0. The van der Waals surface area contributed by atoms with E-state index in [0.717, 1.165) is 0 Å². The molecule has 0 atom stereocenters. The molecule has 10 heteroatoms. The number of halogens is 1. The van der Waals surface area contributed by atoms with E-state index in [1.54, 1.807) is 9.47 Å². The summed E-state index contributed by atoms with van der Waals surface area (Å²) in [7, 11) is 0. The van der Waals surface area contributed by atoms with Gasteiger partial charge in [-0.25, -0.2) is 14.2 Å². The normalized spacial score (nSPS) is 18.3. The number of carbonyl (C=O) groups excluding carboxylic acids is 1. The predicted octanol–water partition coefficient (Wildman–Crippen LogP) is 1.92. The van der Waals surface area contributed by atoms with Crippen LogP contribution in [0.5, 0.6) is 0 Å². The van der Waals surface area contributed by atoms with Crippen molar-refractivity contribution in [3.8, 4) is 0 Å². The zero-order chi connectivity index (χ0) is 22.7. The average molecular weight is 431 g/mol. The Labute approximate surface area is 178 Å². The molecule has 2 aliphatic heterocycles.